The largest absolute Gasteiger partial charge is 0.491 e. The molecule has 5 heteroatoms. The third kappa shape index (κ3) is 5.99. The van der Waals surface area contributed by atoms with E-state index in [0.717, 1.165) is 64.5 Å². The van der Waals surface area contributed by atoms with Crippen molar-refractivity contribution in [2.75, 3.05) is 26.2 Å². The molecule has 182 valence electrons. The van der Waals surface area contributed by atoms with Crippen molar-refractivity contribution in [3.8, 4) is 5.75 Å². The molecule has 5 nitrogen and oxygen atoms in total. The van der Waals surface area contributed by atoms with Gasteiger partial charge in [-0.1, -0.05) is 61.7 Å². The fourth-order valence-electron chi connectivity index (χ4n) is 4.97. The molecule has 0 radical (unpaired) electrons. The molecule has 1 saturated carbocycles. The maximum absolute atomic E-state index is 13.5. The summed E-state index contributed by atoms with van der Waals surface area (Å²) >= 11 is 0. The average Bonchev–Trinajstić information content (AvgIpc) is 2.83. The molecular formula is C29H38N2O3. The Balaban J connectivity index is 1.63. The van der Waals surface area contributed by atoms with Crippen LogP contribution in [0.5, 0.6) is 5.75 Å². The number of rotatable bonds is 4. The second-order valence-electron chi connectivity index (χ2n) is 9.61. The van der Waals surface area contributed by atoms with Crippen LogP contribution in [0.4, 0.5) is 0 Å². The first-order valence-electron chi connectivity index (χ1n) is 13.0. The zero-order valence-corrected chi connectivity index (χ0v) is 20.5. The van der Waals surface area contributed by atoms with Crippen LogP contribution in [0.1, 0.15) is 67.8 Å². The number of carbonyl (C=O) groups is 2. The third-order valence-corrected chi connectivity index (χ3v) is 7.29. The summed E-state index contributed by atoms with van der Waals surface area (Å²) < 4.78 is 6.35. The fraction of sp³-hybridized carbons (Fsp3) is 0.517. The van der Waals surface area contributed by atoms with Crippen LogP contribution in [0.3, 0.4) is 0 Å². The lowest BCUT2D eigenvalue weighted by atomic mass is 9.83. The smallest absolute Gasteiger partial charge is 0.257 e. The molecule has 0 N–H and O–H groups in total. The standard InChI is InChI=1S/C29H38N2O3/c1-2-30-19-10-3-4-11-20-31(28(32)24-15-12-16-24)25(21-23-13-6-5-7-14-23)22-34-27-18-9-8-17-26(27)29(30)33/h5-9,13-14,17-18,24-25H,2-4,10-12,15-16,19-22H2,1H3/t25-/m0/s1. The van der Waals surface area contributed by atoms with E-state index in [1.165, 1.54) is 5.56 Å². The zero-order chi connectivity index (χ0) is 23.8. The monoisotopic (exact) mass is 462 g/mol. The van der Waals surface area contributed by atoms with E-state index in [-0.39, 0.29) is 23.8 Å². The van der Waals surface area contributed by atoms with E-state index in [1.54, 1.807) is 0 Å². The molecule has 2 amide bonds. The van der Waals surface area contributed by atoms with E-state index in [0.29, 0.717) is 24.5 Å². The van der Waals surface area contributed by atoms with Gasteiger partial charge in [0, 0.05) is 25.6 Å². The molecule has 0 aromatic heterocycles. The molecule has 0 bridgehead atoms. The Bertz CT molecular complexity index is 941. The van der Waals surface area contributed by atoms with Gasteiger partial charge in [-0.25, -0.2) is 0 Å². The predicted octanol–water partition coefficient (Wildman–Crippen LogP) is 5.34. The molecule has 1 atom stereocenters. The van der Waals surface area contributed by atoms with E-state index in [9.17, 15) is 9.59 Å². The molecule has 1 aliphatic heterocycles. The Morgan fingerprint density at radius 3 is 2.32 bits per heavy atom. The third-order valence-electron chi connectivity index (χ3n) is 7.29. The molecule has 0 saturated heterocycles. The number of para-hydroxylation sites is 1. The molecule has 1 aliphatic carbocycles. The highest BCUT2D eigenvalue weighted by Crippen LogP contribution is 2.30. The average molecular weight is 463 g/mol. The van der Waals surface area contributed by atoms with Gasteiger partial charge in [0.25, 0.3) is 5.91 Å². The molecule has 34 heavy (non-hydrogen) atoms. The Morgan fingerprint density at radius 1 is 0.912 bits per heavy atom. The van der Waals surface area contributed by atoms with Crippen molar-refractivity contribution in [2.24, 2.45) is 5.92 Å². The number of hydrogen-bond acceptors (Lipinski definition) is 3. The van der Waals surface area contributed by atoms with E-state index in [4.69, 9.17) is 4.74 Å². The van der Waals surface area contributed by atoms with Crippen molar-refractivity contribution >= 4 is 11.8 Å². The molecule has 0 spiro atoms. The van der Waals surface area contributed by atoms with Crippen molar-refractivity contribution in [1.82, 2.24) is 9.80 Å². The molecule has 0 unspecified atom stereocenters. The molecule has 2 aliphatic rings. The van der Waals surface area contributed by atoms with Gasteiger partial charge in [-0.05, 0) is 56.7 Å². The molecule has 2 aromatic carbocycles. The summed E-state index contributed by atoms with van der Waals surface area (Å²) in [5, 5.41) is 0. The zero-order valence-electron chi connectivity index (χ0n) is 20.5. The Labute approximate surface area is 204 Å². The number of ether oxygens (including phenoxy) is 1. The highest BCUT2D eigenvalue weighted by atomic mass is 16.5. The van der Waals surface area contributed by atoms with Gasteiger partial charge in [-0.3, -0.25) is 9.59 Å². The second-order valence-corrected chi connectivity index (χ2v) is 9.61. The number of fused-ring (bicyclic) bond motifs is 1. The molecule has 2 aromatic rings. The van der Waals surface area contributed by atoms with Crippen LogP contribution in [0.25, 0.3) is 0 Å². The van der Waals surface area contributed by atoms with Crippen LogP contribution in [0.15, 0.2) is 54.6 Å². The van der Waals surface area contributed by atoms with E-state index in [1.807, 2.05) is 54.3 Å². The second kappa shape index (κ2) is 12.0. The van der Waals surface area contributed by atoms with Crippen molar-refractivity contribution in [1.29, 1.82) is 0 Å². The summed E-state index contributed by atoms with van der Waals surface area (Å²) in [6, 6.07) is 17.8. The normalized spacial score (nSPS) is 20.6. The molecule has 4 rings (SSSR count). The molecule has 1 heterocycles. The van der Waals surface area contributed by atoms with Crippen molar-refractivity contribution in [3.05, 3.63) is 65.7 Å². The van der Waals surface area contributed by atoms with Crippen LogP contribution in [-0.2, 0) is 11.2 Å². The Morgan fingerprint density at radius 2 is 1.62 bits per heavy atom. The Kier molecular flexibility index (Phi) is 8.62. The first kappa shape index (κ1) is 24.3. The van der Waals surface area contributed by atoms with Gasteiger partial charge in [0.15, 0.2) is 0 Å². The van der Waals surface area contributed by atoms with Crippen LogP contribution < -0.4 is 4.74 Å². The lowest BCUT2D eigenvalue weighted by Gasteiger charge is -2.37. The van der Waals surface area contributed by atoms with Gasteiger partial charge < -0.3 is 14.5 Å². The summed E-state index contributed by atoms with van der Waals surface area (Å²) in [5.41, 5.74) is 1.81. The lowest BCUT2D eigenvalue weighted by Crippen LogP contribution is -2.49. The maximum Gasteiger partial charge on any atom is 0.257 e. The summed E-state index contributed by atoms with van der Waals surface area (Å²) in [7, 11) is 0. The first-order valence-corrected chi connectivity index (χ1v) is 13.0. The number of benzene rings is 2. The van der Waals surface area contributed by atoms with Gasteiger partial charge in [-0.2, -0.15) is 0 Å². The number of carbonyl (C=O) groups excluding carboxylic acids is 2. The van der Waals surface area contributed by atoms with E-state index < -0.39 is 0 Å². The SMILES string of the molecule is CCN1CCCCCCN(C(=O)C2CCC2)[C@@H](Cc2ccccc2)COc2ccccc2C1=O. The Hall–Kier alpha value is -2.82. The minimum Gasteiger partial charge on any atom is -0.491 e. The van der Waals surface area contributed by atoms with Crippen LogP contribution in [0.2, 0.25) is 0 Å². The first-order chi connectivity index (χ1) is 16.7. The quantitative estimate of drug-likeness (QED) is 0.616. The number of amides is 2. The predicted molar refractivity (Wildman–Crippen MR) is 135 cm³/mol. The highest BCUT2D eigenvalue weighted by Gasteiger charge is 2.33. The topological polar surface area (TPSA) is 49.9 Å². The van der Waals surface area contributed by atoms with Crippen LogP contribution in [0, 0.1) is 5.92 Å². The van der Waals surface area contributed by atoms with Gasteiger partial charge in [-0.15, -0.1) is 0 Å². The van der Waals surface area contributed by atoms with Gasteiger partial charge >= 0.3 is 0 Å². The lowest BCUT2D eigenvalue weighted by molar-refractivity contribution is -0.141. The fourth-order valence-corrected chi connectivity index (χ4v) is 4.97. The van der Waals surface area contributed by atoms with Gasteiger partial charge in [0.1, 0.15) is 12.4 Å². The maximum atomic E-state index is 13.5. The van der Waals surface area contributed by atoms with Crippen molar-refractivity contribution < 1.29 is 14.3 Å². The molecular weight excluding hydrogens is 424 g/mol. The summed E-state index contributed by atoms with van der Waals surface area (Å²) in [6.45, 7) is 4.63. The van der Waals surface area contributed by atoms with Crippen molar-refractivity contribution in [3.63, 3.8) is 0 Å². The van der Waals surface area contributed by atoms with Gasteiger partial charge in [0.2, 0.25) is 5.91 Å². The minimum absolute atomic E-state index is 0.0252. The number of hydrogen-bond donors (Lipinski definition) is 0. The summed E-state index contributed by atoms with van der Waals surface area (Å²) in [5.74, 6) is 1.07. The van der Waals surface area contributed by atoms with E-state index >= 15 is 0 Å². The summed E-state index contributed by atoms with van der Waals surface area (Å²) in [6.07, 6.45) is 7.99. The highest BCUT2D eigenvalue weighted by molar-refractivity contribution is 5.97. The number of nitrogens with zero attached hydrogens (tertiary/aromatic N) is 2. The molecule has 1 fully saturated rings. The van der Waals surface area contributed by atoms with Crippen LogP contribution in [-0.4, -0.2) is 53.9 Å². The van der Waals surface area contributed by atoms with Gasteiger partial charge in [0.05, 0.1) is 11.6 Å². The minimum atomic E-state index is -0.0659. The van der Waals surface area contributed by atoms with E-state index in [2.05, 4.69) is 17.0 Å². The summed E-state index contributed by atoms with van der Waals surface area (Å²) in [4.78, 5) is 30.8. The van der Waals surface area contributed by atoms with Crippen LogP contribution >= 0.6 is 0 Å². The van der Waals surface area contributed by atoms with Crippen molar-refractivity contribution in [2.45, 2.75) is 64.3 Å².